The van der Waals surface area contributed by atoms with E-state index in [-0.39, 0.29) is 18.0 Å². The Bertz CT molecular complexity index is 534. The third-order valence-corrected chi connectivity index (χ3v) is 4.14. The minimum Gasteiger partial charge on any atom is -0.328 e. The minimum absolute atomic E-state index is 0.0207. The van der Waals surface area contributed by atoms with Gasteiger partial charge >= 0.3 is 6.03 Å². The van der Waals surface area contributed by atoms with E-state index in [2.05, 4.69) is 10.6 Å². The SMILES string of the molecule is CC(N)CCC(=O)Nc1ccc(NC(=O)N2CCCCCC2)cc1. The molecule has 1 saturated heterocycles. The van der Waals surface area contributed by atoms with Crippen molar-refractivity contribution in [1.82, 2.24) is 4.90 Å². The van der Waals surface area contributed by atoms with E-state index in [0.717, 1.165) is 37.3 Å². The summed E-state index contributed by atoms with van der Waals surface area (Å²) < 4.78 is 0. The van der Waals surface area contributed by atoms with Crippen molar-refractivity contribution in [1.29, 1.82) is 0 Å². The molecule has 6 nitrogen and oxygen atoms in total. The van der Waals surface area contributed by atoms with Gasteiger partial charge in [0, 0.05) is 36.9 Å². The molecular formula is C18H28N4O2. The normalized spacial score (nSPS) is 16.2. The summed E-state index contributed by atoms with van der Waals surface area (Å²) in [7, 11) is 0. The fraction of sp³-hybridized carbons (Fsp3) is 0.556. The highest BCUT2D eigenvalue weighted by molar-refractivity contribution is 5.92. The van der Waals surface area contributed by atoms with Crippen molar-refractivity contribution >= 4 is 23.3 Å². The van der Waals surface area contributed by atoms with Crippen LogP contribution in [0.25, 0.3) is 0 Å². The van der Waals surface area contributed by atoms with E-state index in [4.69, 9.17) is 5.73 Å². The van der Waals surface area contributed by atoms with E-state index in [0.29, 0.717) is 12.8 Å². The monoisotopic (exact) mass is 332 g/mol. The van der Waals surface area contributed by atoms with Crippen LogP contribution in [0.15, 0.2) is 24.3 Å². The number of likely N-dealkylation sites (tertiary alicyclic amines) is 1. The molecule has 6 heteroatoms. The maximum Gasteiger partial charge on any atom is 0.321 e. The highest BCUT2D eigenvalue weighted by Crippen LogP contribution is 2.16. The lowest BCUT2D eigenvalue weighted by molar-refractivity contribution is -0.116. The van der Waals surface area contributed by atoms with Gasteiger partial charge < -0.3 is 21.3 Å². The molecule has 0 saturated carbocycles. The molecule has 24 heavy (non-hydrogen) atoms. The molecule has 0 radical (unpaired) electrons. The lowest BCUT2D eigenvalue weighted by Gasteiger charge is -2.20. The molecule has 1 aliphatic heterocycles. The molecule has 1 aromatic rings. The summed E-state index contributed by atoms with van der Waals surface area (Å²) in [6, 6.07) is 7.16. The second kappa shape index (κ2) is 9.27. The molecule has 1 heterocycles. The molecule has 0 bridgehead atoms. The topological polar surface area (TPSA) is 87.5 Å². The first-order valence-electron chi connectivity index (χ1n) is 8.76. The van der Waals surface area contributed by atoms with Crippen molar-refractivity contribution in [3.8, 4) is 0 Å². The predicted molar refractivity (Wildman–Crippen MR) is 97.0 cm³/mol. The van der Waals surface area contributed by atoms with Gasteiger partial charge in [0.05, 0.1) is 0 Å². The molecule has 3 amide bonds. The average Bonchev–Trinajstić information content (AvgIpc) is 2.84. The molecule has 0 aromatic heterocycles. The fourth-order valence-electron chi connectivity index (χ4n) is 2.70. The number of carbonyl (C=O) groups is 2. The maximum atomic E-state index is 12.3. The maximum absolute atomic E-state index is 12.3. The first kappa shape index (κ1) is 18.3. The van der Waals surface area contributed by atoms with Gasteiger partial charge in [-0.2, -0.15) is 0 Å². The van der Waals surface area contributed by atoms with Gasteiger partial charge in [-0.3, -0.25) is 4.79 Å². The van der Waals surface area contributed by atoms with E-state index in [1.807, 2.05) is 11.8 Å². The number of amides is 3. The molecule has 4 N–H and O–H groups in total. The summed E-state index contributed by atoms with van der Waals surface area (Å²) in [4.78, 5) is 25.9. The van der Waals surface area contributed by atoms with E-state index in [1.165, 1.54) is 12.8 Å². The Kier molecular flexibility index (Phi) is 7.06. The molecule has 1 aliphatic rings. The molecule has 1 atom stereocenters. The van der Waals surface area contributed by atoms with Crippen molar-refractivity contribution in [3.63, 3.8) is 0 Å². The molecular weight excluding hydrogens is 304 g/mol. The van der Waals surface area contributed by atoms with Crippen LogP contribution in [0.5, 0.6) is 0 Å². The highest BCUT2D eigenvalue weighted by atomic mass is 16.2. The van der Waals surface area contributed by atoms with Crippen LogP contribution in [0.2, 0.25) is 0 Å². The Labute approximate surface area is 143 Å². The number of anilines is 2. The quantitative estimate of drug-likeness (QED) is 0.774. The number of nitrogens with two attached hydrogens (primary N) is 1. The van der Waals surface area contributed by atoms with Gasteiger partial charge in [-0.25, -0.2) is 4.79 Å². The van der Waals surface area contributed by atoms with E-state index in [1.54, 1.807) is 24.3 Å². The Hall–Kier alpha value is -2.08. The van der Waals surface area contributed by atoms with Gasteiger partial charge in [-0.1, -0.05) is 12.8 Å². The van der Waals surface area contributed by atoms with E-state index in [9.17, 15) is 9.59 Å². The van der Waals surface area contributed by atoms with Crippen LogP contribution in [-0.2, 0) is 4.79 Å². The molecule has 0 aliphatic carbocycles. The predicted octanol–water partition coefficient (Wildman–Crippen LogP) is 3.16. The first-order chi connectivity index (χ1) is 11.5. The molecule has 132 valence electrons. The van der Waals surface area contributed by atoms with Crippen LogP contribution in [0.3, 0.4) is 0 Å². The molecule has 2 rings (SSSR count). The van der Waals surface area contributed by atoms with Crippen LogP contribution in [0, 0.1) is 0 Å². The minimum atomic E-state index is -0.0504. The Morgan fingerprint density at radius 3 is 2.12 bits per heavy atom. The van der Waals surface area contributed by atoms with Gasteiger partial charge in [0.1, 0.15) is 0 Å². The summed E-state index contributed by atoms with van der Waals surface area (Å²) in [5, 5.41) is 5.75. The second-order valence-corrected chi connectivity index (χ2v) is 6.47. The van der Waals surface area contributed by atoms with Crippen molar-refractivity contribution < 1.29 is 9.59 Å². The summed E-state index contributed by atoms with van der Waals surface area (Å²) in [6.45, 7) is 3.52. The standard InChI is InChI=1S/C18H28N4O2/c1-14(19)6-11-17(23)20-15-7-9-16(10-8-15)21-18(24)22-12-4-2-3-5-13-22/h7-10,14H,2-6,11-13,19H2,1H3,(H,20,23)(H,21,24). The summed E-state index contributed by atoms with van der Waals surface area (Å²) in [5.74, 6) is -0.0475. The molecule has 1 unspecified atom stereocenters. The Balaban J connectivity index is 1.82. The van der Waals surface area contributed by atoms with Crippen LogP contribution < -0.4 is 16.4 Å². The zero-order chi connectivity index (χ0) is 17.4. The van der Waals surface area contributed by atoms with Crippen LogP contribution >= 0.6 is 0 Å². The number of urea groups is 1. The highest BCUT2D eigenvalue weighted by Gasteiger charge is 2.15. The Morgan fingerprint density at radius 1 is 1.04 bits per heavy atom. The number of carbonyl (C=O) groups excluding carboxylic acids is 2. The number of nitrogens with one attached hydrogen (secondary N) is 2. The van der Waals surface area contributed by atoms with Crippen LogP contribution in [0.1, 0.15) is 45.4 Å². The second-order valence-electron chi connectivity index (χ2n) is 6.47. The van der Waals surface area contributed by atoms with Crippen LogP contribution in [0.4, 0.5) is 16.2 Å². The fourth-order valence-corrected chi connectivity index (χ4v) is 2.70. The summed E-state index contributed by atoms with van der Waals surface area (Å²) in [6.07, 6.45) is 5.60. The van der Waals surface area contributed by atoms with E-state index >= 15 is 0 Å². The van der Waals surface area contributed by atoms with Gasteiger partial charge in [0.15, 0.2) is 0 Å². The Morgan fingerprint density at radius 2 is 1.58 bits per heavy atom. The number of benzene rings is 1. The van der Waals surface area contributed by atoms with Crippen molar-refractivity contribution in [2.24, 2.45) is 5.73 Å². The number of rotatable bonds is 5. The van der Waals surface area contributed by atoms with E-state index < -0.39 is 0 Å². The molecule has 1 aromatic carbocycles. The van der Waals surface area contributed by atoms with Gasteiger partial charge in [-0.15, -0.1) is 0 Å². The lowest BCUT2D eigenvalue weighted by atomic mass is 10.2. The van der Waals surface area contributed by atoms with Gasteiger partial charge in [0.25, 0.3) is 0 Å². The smallest absolute Gasteiger partial charge is 0.321 e. The number of nitrogens with zero attached hydrogens (tertiary/aromatic N) is 1. The molecule has 0 spiro atoms. The summed E-state index contributed by atoms with van der Waals surface area (Å²) in [5.41, 5.74) is 7.10. The number of hydrogen-bond donors (Lipinski definition) is 3. The van der Waals surface area contributed by atoms with Crippen molar-refractivity contribution in [2.75, 3.05) is 23.7 Å². The number of hydrogen-bond acceptors (Lipinski definition) is 3. The zero-order valence-electron chi connectivity index (χ0n) is 14.4. The van der Waals surface area contributed by atoms with Gasteiger partial charge in [-0.05, 0) is 50.5 Å². The largest absolute Gasteiger partial charge is 0.328 e. The average molecular weight is 332 g/mol. The third-order valence-electron chi connectivity index (χ3n) is 4.14. The van der Waals surface area contributed by atoms with Crippen molar-refractivity contribution in [2.45, 2.75) is 51.5 Å². The lowest BCUT2D eigenvalue weighted by Crippen LogP contribution is -2.35. The van der Waals surface area contributed by atoms with Gasteiger partial charge in [0.2, 0.25) is 5.91 Å². The molecule has 1 fully saturated rings. The third kappa shape index (κ3) is 6.20. The summed E-state index contributed by atoms with van der Waals surface area (Å²) >= 11 is 0. The van der Waals surface area contributed by atoms with Crippen LogP contribution in [-0.4, -0.2) is 36.0 Å². The zero-order valence-corrected chi connectivity index (χ0v) is 14.4. The first-order valence-corrected chi connectivity index (χ1v) is 8.76. The van der Waals surface area contributed by atoms with Crippen molar-refractivity contribution in [3.05, 3.63) is 24.3 Å².